The van der Waals surface area contributed by atoms with E-state index in [1.807, 2.05) is 36.5 Å². The number of nitrogens with one attached hydrogen (secondary N) is 2. The summed E-state index contributed by atoms with van der Waals surface area (Å²) in [5.41, 5.74) is 3.23. The van der Waals surface area contributed by atoms with Crippen molar-refractivity contribution in [2.24, 2.45) is 4.99 Å². The van der Waals surface area contributed by atoms with Crippen molar-refractivity contribution in [2.75, 3.05) is 33.4 Å². The van der Waals surface area contributed by atoms with Gasteiger partial charge in [0, 0.05) is 31.9 Å². The maximum absolute atomic E-state index is 5.74. The molecular formula is C22H29N5O2. The lowest BCUT2D eigenvalue weighted by Gasteiger charge is -2.12. The number of hydrogen-bond acceptors (Lipinski definition) is 4. The first-order valence-electron chi connectivity index (χ1n) is 9.92. The van der Waals surface area contributed by atoms with Crippen molar-refractivity contribution in [1.29, 1.82) is 0 Å². The Hall–Kier alpha value is -3.22. The van der Waals surface area contributed by atoms with Gasteiger partial charge in [-0.3, -0.25) is 4.99 Å². The number of rotatable bonds is 9. The summed E-state index contributed by atoms with van der Waals surface area (Å²) in [5.74, 6) is 2.42. The Bertz CT molecular complexity index is 934. The first kappa shape index (κ1) is 20.5. The molecule has 0 fully saturated rings. The molecule has 3 rings (SSSR count). The SMILES string of the molecule is CCNC(=NCCc1cn2cccc(C)c2n1)NCCOc1ccc(OC)cc1. The van der Waals surface area contributed by atoms with E-state index in [4.69, 9.17) is 14.5 Å². The van der Waals surface area contributed by atoms with Crippen LogP contribution in [0.4, 0.5) is 0 Å². The van der Waals surface area contributed by atoms with Crippen LogP contribution in [0, 0.1) is 6.92 Å². The second kappa shape index (κ2) is 10.4. The molecule has 0 amide bonds. The molecule has 0 bridgehead atoms. The first-order chi connectivity index (χ1) is 14.2. The van der Waals surface area contributed by atoms with Crippen molar-refractivity contribution in [2.45, 2.75) is 20.3 Å². The molecule has 7 nitrogen and oxygen atoms in total. The highest BCUT2D eigenvalue weighted by Gasteiger charge is 2.04. The van der Waals surface area contributed by atoms with Crippen LogP contribution in [0.5, 0.6) is 11.5 Å². The van der Waals surface area contributed by atoms with Crippen molar-refractivity contribution in [3.05, 3.63) is 60.0 Å². The second-order valence-electron chi connectivity index (χ2n) is 6.62. The van der Waals surface area contributed by atoms with Crippen LogP contribution >= 0.6 is 0 Å². The highest BCUT2D eigenvalue weighted by molar-refractivity contribution is 5.79. The van der Waals surface area contributed by atoms with E-state index < -0.39 is 0 Å². The number of aryl methyl sites for hydroxylation is 1. The van der Waals surface area contributed by atoms with Gasteiger partial charge in [-0.2, -0.15) is 0 Å². The van der Waals surface area contributed by atoms with Gasteiger partial charge in [-0.15, -0.1) is 0 Å². The molecule has 0 atom stereocenters. The van der Waals surface area contributed by atoms with Crippen molar-refractivity contribution >= 4 is 11.6 Å². The topological polar surface area (TPSA) is 72.2 Å². The van der Waals surface area contributed by atoms with Crippen LogP contribution in [-0.2, 0) is 6.42 Å². The average molecular weight is 396 g/mol. The molecule has 0 aliphatic heterocycles. The number of fused-ring (bicyclic) bond motifs is 1. The highest BCUT2D eigenvalue weighted by atomic mass is 16.5. The van der Waals surface area contributed by atoms with E-state index in [0.29, 0.717) is 19.7 Å². The normalized spacial score (nSPS) is 11.5. The Kier molecular flexibility index (Phi) is 7.33. The van der Waals surface area contributed by atoms with E-state index in [1.165, 1.54) is 5.56 Å². The zero-order valence-electron chi connectivity index (χ0n) is 17.3. The molecule has 1 aromatic carbocycles. The van der Waals surface area contributed by atoms with Gasteiger partial charge < -0.3 is 24.5 Å². The summed E-state index contributed by atoms with van der Waals surface area (Å²) in [6.07, 6.45) is 4.89. The summed E-state index contributed by atoms with van der Waals surface area (Å²) in [4.78, 5) is 9.34. The standard InChI is InChI=1S/C22H29N5O2/c1-4-23-22(25-13-15-29-20-9-7-19(28-3)8-10-20)24-12-11-18-16-27-14-5-6-17(2)21(27)26-18/h5-10,14,16H,4,11-13,15H2,1-3H3,(H2,23,24,25). The maximum Gasteiger partial charge on any atom is 0.191 e. The average Bonchev–Trinajstić information content (AvgIpc) is 3.16. The van der Waals surface area contributed by atoms with Gasteiger partial charge in [0.15, 0.2) is 5.96 Å². The summed E-state index contributed by atoms with van der Waals surface area (Å²) >= 11 is 0. The Morgan fingerprint density at radius 2 is 1.93 bits per heavy atom. The van der Waals surface area contributed by atoms with Gasteiger partial charge in [0.2, 0.25) is 0 Å². The molecule has 0 saturated heterocycles. The molecule has 7 heteroatoms. The van der Waals surface area contributed by atoms with E-state index in [0.717, 1.165) is 41.8 Å². The third kappa shape index (κ3) is 5.88. The number of nitrogens with zero attached hydrogens (tertiary/aromatic N) is 3. The molecule has 0 radical (unpaired) electrons. The van der Waals surface area contributed by atoms with E-state index in [-0.39, 0.29) is 0 Å². The fraction of sp³-hybridized carbons (Fsp3) is 0.364. The Labute approximate surface area is 171 Å². The summed E-state index contributed by atoms with van der Waals surface area (Å²) in [6.45, 7) is 6.80. The molecular weight excluding hydrogens is 366 g/mol. The smallest absolute Gasteiger partial charge is 0.191 e. The number of guanidine groups is 1. The van der Waals surface area contributed by atoms with E-state index in [1.54, 1.807) is 7.11 Å². The summed E-state index contributed by atoms with van der Waals surface area (Å²) < 4.78 is 13.0. The van der Waals surface area contributed by atoms with E-state index >= 15 is 0 Å². The van der Waals surface area contributed by atoms with Crippen LogP contribution in [0.2, 0.25) is 0 Å². The number of benzene rings is 1. The predicted octanol–water partition coefficient (Wildman–Crippen LogP) is 2.83. The fourth-order valence-electron chi connectivity index (χ4n) is 2.96. The zero-order chi connectivity index (χ0) is 20.5. The van der Waals surface area contributed by atoms with Gasteiger partial charge in [0.1, 0.15) is 23.8 Å². The minimum absolute atomic E-state index is 0.544. The van der Waals surface area contributed by atoms with E-state index in [9.17, 15) is 0 Å². The predicted molar refractivity (Wildman–Crippen MR) is 116 cm³/mol. The van der Waals surface area contributed by atoms with Crippen LogP contribution in [0.3, 0.4) is 0 Å². The summed E-state index contributed by atoms with van der Waals surface area (Å²) in [7, 11) is 1.65. The van der Waals surface area contributed by atoms with Gasteiger partial charge >= 0.3 is 0 Å². The molecule has 0 saturated carbocycles. The number of pyridine rings is 1. The van der Waals surface area contributed by atoms with Gasteiger partial charge in [-0.1, -0.05) is 6.07 Å². The summed E-state index contributed by atoms with van der Waals surface area (Å²) in [6, 6.07) is 11.7. The van der Waals surface area contributed by atoms with Gasteiger partial charge in [0.25, 0.3) is 0 Å². The quantitative estimate of drug-likeness (QED) is 0.331. The number of aromatic nitrogens is 2. The van der Waals surface area contributed by atoms with Crippen LogP contribution < -0.4 is 20.1 Å². The molecule has 2 aromatic heterocycles. The molecule has 29 heavy (non-hydrogen) atoms. The Morgan fingerprint density at radius 1 is 1.14 bits per heavy atom. The highest BCUT2D eigenvalue weighted by Crippen LogP contribution is 2.16. The Balaban J connectivity index is 1.46. The van der Waals surface area contributed by atoms with Crippen LogP contribution in [0.25, 0.3) is 5.65 Å². The second-order valence-corrected chi connectivity index (χ2v) is 6.62. The molecule has 0 spiro atoms. The molecule has 2 N–H and O–H groups in total. The zero-order valence-corrected chi connectivity index (χ0v) is 17.3. The lowest BCUT2D eigenvalue weighted by molar-refractivity contribution is 0.321. The van der Waals surface area contributed by atoms with Crippen molar-refractivity contribution in [1.82, 2.24) is 20.0 Å². The minimum atomic E-state index is 0.544. The molecule has 154 valence electrons. The molecule has 0 aliphatic rings. The van der Waals surface area contributed by atoms with Crippen molar-refractivity contribution in [3.63, 3.8) is 0 Å². The van der Waals surface area contributed by atoms with Gasteiger partial charge in [0.05, 0.1) is 19.3 Å². The number of hydrogen-bond donors (Lipinski definition) is 2. The molecule has 0 unspecified atom stereocenters. The molecule has 2 heterocycles. The van der Waals surface area contributed by atoms with E-state index in [2.05, 4.69) is 46.1 Å². The number of aliphatic imine (C=N–C) groups is 1. The fourth-order valence-corrected chi connectivity index (χ4v) is 2.96. The number of imidazole rings is 1. The van der Waals surface area contributed by atoms with Crippen LogP contribution in [-0.4, -0.2) is 48.7 Å². The molecule has 3 aromatic rings. The number of ether oxygens (including phenoxy) is 2. The van der Waals surface area contributed by atoms with Crippen LogP contribution in [0.1, 0.15) is 18.2 Å². The monoisotopic (exact) mass is 395 g/mol. The Morgan fingerprint density at radius 3 is 2.66 bits per heavy atom. The third-order valence-corrected chi connectivity index (χ3v) is 4.43. The van der Waals surface area contributed by atoms with Gasteiger partial charge in [-0.25, -0.2) is 4.98 Å². The minimum Gasteiger partial charge on any atom is -0.497 e. The van der Waals surface area contributed by atoms with Crippen LogP contribution in [0.15, 0.2) is 53.8 Å². The largest absolute Gasteiger partial charge is 0.497 e. The van der Waals surface area contributed by atoms with Gasteiger partial charge in [-0.05, 0) is 49.7 Å². The van der Waals surface area contributed by atoms with Crippen molar-refractivity contribution < 1.29 is 9.47 Å². The third-order valence-electron chi connectivity index (χ3n) is 4.43. The maximum atomic E-state index is 5.74. The molecule has 0 aliphatic carbocycles. The number of methoxy groups -OCH3 is 1. The summed E-state index contributed by atoms with van der Waals surface area (Å²) in [5, 5.41) is 6.56. The lowest BCUT2D eigenvalue weighted by atomic mass is 10.3. The first-order valence-corrected chi connectivity index (χ1v) is 9.92. The van der Waals surface area contributed by atoms with Crippen molar-refractivity contribution in [3.8, 4) is 11.5 Å². The lowest BCUT2D eigenvalue weighted by Crippen LogP contribution is -2.39.